The smallest absolute Gasteiger partial charge is 0.349 e. The fourth-order valence-corrected chi connectivity index (χ4v) is 4.12. The van der Waals surface area contributed by atoms with E-state index >= 15 is 0 Å². The maximum atomic E-state index is 13.7. The molecule has 150 valence electrons. The Bertz CT molecular complexity index is 879. The average molecular weight is 415 g/mol. The number of fused-ring (bicyclic) bond motifs is 1. The van der Waals surface area contributed by atoms with Gasteiger partial charge in [-0.15, -0.1) is 11.3 Å². The number of carbonyl (C=O) groups excluding carboxylic acids is 2. The number of carbonyl (C=O) groups is 2. The van der Waals surface area contributed by atoms with Gasteiger partial charge in [0, 0.05) is 10.9 Å². The summed E-state index contributed by atoms with van der Waals surface area (Å²) in [7, 11) is 0. The van der Waals surface area contributed by atoms with Crippen molar-refractivity contribution in [3.05, 3.63) is 50.7 Å². The molecule has 4 nitrogen and oxygen atoms in total. The first-order valence-electron chi connectivity index (χ1n) is 8.78. The molecule has 28 heavy (non-hydrogen) atoms. The van der Waals surface area contributed by atoms with E-state index < -0.39 is 46.9 Å². The summed E-state index contributed by atoms with van der Waals surface area (Å²) in [6.07, 6.45) is 2.47. The molecule has 1 heterocycles. The third-order valence-electron chi connectivity index (χ3n) is 4.47. The van der Waals surface area contributed by atoms with Crippen molar-refractivity contribution in [3.63, 3.8) is 0 Å². The van der Waals surface area contributed by atoms with E-state index in [0.717, 1.165) is 36.1 Å². The SMILES string of the molecule is CCC(OC(=O)c1cc2c(s1)CCCC2)C(=O)Nc1c(F)c(F)cc(F)c1F. The van der Waals surface area contributed by atoms with E-state index in [-0.39, 0.29) is 12.5 Å². The zero-order valence-electron chi connectivity index (χ0n) is 14.9. The Labute approximate surface area is 162 Å². The second-order valence-electron chi connectivity index (χ2n) is 6.40. The van der Waals surface area contributed by atoms with Crippen LogP contribution in [0.4, 0.5) is 23.2 Å². The molecule has 0 saturated heterocycles. The molecule has 1 aromatic heterocycles. The number of hydrogen-bond acceptors (Lipinski definition) is 4. The number of anilines is 1. The molecule has 0 aliphatic heterocycles. The molecule has 1 aliphatic carbocycles. The van der Waals surface area contributed by atoms with Crippen LogP contribution in [0.1, 0.15) is 46.3 Å². The lowest BCUT2D eigenvalue weighted by Gasteiger charge is -2.16. The summed E-state index contributed by atoms with van der Waals surface area (Å²) in [4.78, 5) is 26.1. The zero-order valence-corrected chi connectivity index (χ0v) is 15.7. The van der Waals surface area contributed by atoms with Crippen LogP contribution in [0.5, 0.6) is 0 Å². The number of benzene rings is 1. The number of amides is 1. The zero-order chi connectivity index (χ0) is 20.4. The van der Waals surface area contributed by atoms with Crippen LogP contribution >= 0.6 is 11.3 Å². The summed E-state index contributed by atoms with van der Waals surface area (Å²) in [5.74, 6) is -8.58. The van der Waals surface area contributed by atoms with Gasteiger partial charge in [0.05, 0.1) is 0 Å². The molecule has 1 aromatic carbocycles. The van der Waals surface area contributed by atoms with Crippen LogP contribution in [0.25, 0.3) is 0 Å². The molecule has 0 fully saturated rings. The van der Waals surface area contributed by atoms with Crippen LogP contribution in [0.15, 0.2) is 12.1 Å². The highest BCUT2D eigenvalue weighted by atomic mass is 32.1. The van der Waals surface area contributed by atoms with Crippen molar-refractivity contribution < 1.29 is 31.9 Å². The second kappa shape index (κ2) is 8.30. The highest BCUT2D eigenvalue weighted by molar-refractivity contribution is 7.14. The van der Waals surface area contributed by atoms with Gasteiger partial charge in [-0.05, 0) is 43.7 Å². The fraction of sp³-hybridized carbons (Fsp3) is 0.368. The van der Waals surface area contributed by atoms with E-state index in [1.165, 1.54) is 18.3 Å². The van der Waals surface area contributed by atoms with Crippen molar-refractivity contribution in [2.75, 3.05) is 5.32 Å². The molecule has 1 aliphatic rings. The number of halogens is 4. The number of ether oxygens (including phenoxy) is 1. The predicted octanol–water partition coefficient (Wildman–Crippen LogP) is 4.76. The van der Waals surface area contributed by atoms with Gasteiger partial charge in [0.15, 0.2) is 29.4 Å². The Hall–Kier alpha value is -2.42. The lowest BCUT2D eigenvalue weighted by molar-refractivity contribution is -0.124. The predicted molar refractivity (Wildman–Crippen MR) is 95.4 cm³/mol. The molecule has 1 atom stereocenters. The van der Waals surface area contributed by atoms with E-state index in [9.17, 15) is 27.2 Å². The Morgan fingerprint density at radius 1 is 1.11 bits per heavy atom. The fourth-order valence-electron chi connectivity index (χ4n) is 2.99. The molecular weight excluding hydrogens is 398 g/mol. The van der Waals surface area contributed by atoms with Crippen molar-refractivity contribution in [3.8, 4) is 0 Å². The van der Waals surface area contributed by atoms with E-state index in [1.807, 2.05) is 0 Å². The van der Waals surface area contributed by atoms with E-state index in [0.29, 0.717) is 4.88 Å². The molecule has 0 radical (unpaired) electrons. The summed E-state index contributed by atoms with van der Waals surface area (Å²) in [5.41, 5.74) is -0.177. The van der Waals surface area contributed by atoms with Crippen molar-refractivity contribution in [1.29, 1.82) is 0 Å². The van der Waals surface area contributed by atoms with Gasteiger partial charge < -0.3 is 10.1 Å². The Morgan fingerprint density at radius 3 is 2.36 bits per heavy atom. The largest absolute Gasteiger partial charge is 0.448 e. The monoisotopic (exact) mass is 415 g/mol. The average Bonchev–Trinajstić information content (AvgIpc) is 3.12. The number of nitrogens with one attached hydrogen (secondary N) is 1. The van der Waals surface area contributed by atoms with Crippen molar-refractivity contribution >= 4 is 28.9 Å². The minimum atomic E-state index is -1.74. The first-order chi connectivity index (χ1) is 13.3. The van der Waals surface area contributed by atoms with Gasteiger partial charge in [0.1, 0.15) is 10.6 Å². The van der Waals surface area contributed by atoms with Crippen LogP contribution in [0, 0.1) is 23.3 Å². The van der Waals surface area contributed by atoms with Crippen molar-refractivity contribution in [2.24, 2.45) is 0 Å². The van der Waals surface area contributed by atoms with Gasteiger partial charge in [-0.3, -0.25) is 4.79 Å². The minimum absolute atomic E-state index is 0.00367. The molecular formula is C19H17F4NO3S. The number of rotatable bonds is 5. The highest BCUT2D eigenvalue weighted by Gasteiger charge is 2.28. The number of thiophene rings is 1. The van der Waals surface area contributed by atoms with E-state index in [2.05, 4.69) is 0 Å². The van der Waals surface area contributed by atoms with Gasteiger partial charge >= 0.3 is 5.97 Å². The first kappa shape index (κ1) is 20.3. The Morgan fingerprint density at radius 2 is 1.75 bits per heavy atom. The second-order valence-corrected chi connectivity index (χ2v) is 7.54. The Balaban J connectivity index is 1.74. The maximum absolute atomic E-state index is 13.7. The van der Waals surface area contributed by atoms with Gasteiger partial charge in [-0.25, -0.2) is 22.4 Å². The number of aryl methyl sites for hydroxylation is 2. The summed E-state index contributed by atoms with van der Waals surface area (Å²) in [6, 6.07) is 1.77. The third kappa shape index (κ3) is 4.04. The molecule has 0 bridgehead atoms. The molecule has 1 amide bonds. The summed E-state index contributed by atoms with van der Waals surface area (Å²) < 4.78 is 59.2. The van der Waals surface area contributed by atoms with Crippen LogP contribution in [0.3, 0.4) is 0 Å². The maximum Gasteiger partial charge on any atom is 0.349 e. The van der Waals surface area contributed by atoms with Crippen LogP contribution in [-0.4, -0.2) is 18.0 Å². The van der Waals surface area contributed by atoms with Gasteiger partial charge in [0.2, 0.25) is 0 Å². The molecule has 2 aromatic rings. The number of hydrogen-bond donors (Lipinski definition) is 1. The van der Waals surface area contributed by atoms with Crippen LogP contribution in [0.2, 0.25) is 0 Å². The summed E-state index contributed by atoms with van der Waals surface area (Å²) in [5, 5.41) is 1.77. The molecule has 0 saturated carbocycles. The Kier molecular flexibility index (Phi) is 6.02. The molecule has 0 spiro atoms. The van der Waals surface area contributed by atoms with Gasteiger partial charge in [0.25, 0.3) is 5.91 Å². The van der Waals surface area contributed by atoms with Crippen molar-refractivity contribution in [2.45, 2.75) is 45.1 Å². The molecule has 9 heteroatoms. The minimum Gasteiger partial charge on any atom is -0.448 e. The molecule has 1 N–H and O–H groups in total. The van der Waals surface area contributed by atoms with E-state index in [1.54, 1.807) is 11.4 Å². The molecule has 1 unspecified atom stereocenters. The quantitative estimate of drug-likeness (QED) is 0.435. The topological polar surface area (TPSA) is 55.4 Å². The highest BCUT2D eigenvalue weighted by Crippen LogP contribution is 2.30. The molecule has 3 rings (SSSR count). The van der Waals surface area contributed by atoms with Gasteiger partial charge in [-0.1, -0.05) is 6.92 Å². The van der Waals surface area contributed by atoms with Gasteiger partial charge in [-0.2, -0.15) is 0 Å². The lowest BCUT2D eigenvalue weighted by atomic mass is 9.99. The van der Waals surface area contributed by atoms with Crippen molar-refractivity contribution in [1.82, 2.24) is 0 Å². The third-order valence-corrected chi connectivity index (χ3v) is 5.69. The normalized spacial score (nSPS) is 14.3. The lowest BCUT2D eigenvalue weighted by Crippen LogP contribution is -2.32. The summed E-state index contributed by atoms with van der Waals surface area (Å²) in [6.45, 7) is 1.52. The van der Waals surface area contributed by atoms with Crippen LogP contribution in [-0.2, 0) is 22.4 Å². The van der Waals surface area contributed by atoms with Crippen LogP contribution < -0.4 is 5.32 Å². The number of esters is 1. The standard InChI is InChI=1S/C19H17F4NO3S/c1-2-12(18(25)24-17-15(22)10(20)8-11(21)16(17)23)27-19(26)14-7-9-5-3-4-6-13(9)28-14/h7-8,12H,2-6H2,1H3,(H,24,25). The summed E-state index contributed by atoms with van der Waals surface area (Å²) >= 11 is 1.29. The first-order valence-corrected chi connectivity index (χ1v) is 9.59. The van der Waals surface area contributed by atoms with E-state index in [4.69, 9.17) is 4.74 Å².